The molecule has 2 heteroatoms. The van der Waals surface area contributed by atoms with Gasteiger partial charge in [0.15, 0.2) is 5.82 Å². The van der Waals surface area contributed by atoms with Crippen molar-refractivity contribution < 1.29 is 0 Å². The first kappa shape index (κ1) is 34.8. The van der Waals surface area contributed by atoms with Gasteiger partial charge in [0.1, 0.15) is 0 Å². The van der Waals surface area contributed by atoms with Crippen LogP contribution in [0.2, 0.25) is 0 Å². The summed E-state index contributed by atoms with van der Waals surface area (Å²) in [5, 5.41) is 4.97. The van der Waals surface area contributed by atoms with Crippen LogP contribution in [0, 0.1) is 0 Å². The molecular formula is C57H40N2. The molecule has 0 atom stereocenters. The Balaban J connectivity index is 1.09. The summed E-state index contributed by atoms with van der Waals surface area (Å²) in [6.45, 7) is 4.76. The van der Waals surface area contributed by atoms with Crippen molar-refractivity contribution in [3.63, 3.8) is 0 Å². The maximum absolute atomic E-state index is 5.36. The Morgan fingerprint density at radius 3 is 1.64 bits per heavy atom. The highest BCUT2D eigenvalue weighted by molar-refractivity contribution is 6.09. The lowest BCUT2D eigenvalue weighted by molar-refractivity contribution is 0.666. The van der Waals surface area contributed by atoms with E-state index in [0.717, 1.165) is 44.6 Å². The molecule has 11 rings (SSSR count). The highest BCUT2D eigenvalue weighted by atomic mass is 14.9. The van der Waals surface area contributed by atoms with Crippen molar-refractivity contribution in [2.75, 3.05) is 0 Å². The summed E-state index contributed by atoms with van der Waals surface area (Å²) < 4.78 is 0. The molecule has 0 saturated heterocycles. The Morgan fingerprint density at radius 1 is 0.339 bits per heavy atom. The predicted octanol–water partition coefficient (Wildman–Crippen LogP) is 15.1. The Morgan fingerprint density at radius 2 is 0.881 bits per heavy atom. The van der Waals surface area contributed by atoms with Crippen LogP contribution >= 0.6 is 0 Å². The minimum absolute atomic E-state index is 0.137. The largest absolute Gasteiger partial charge is 0.228 e. The average molecular weight is 753 g/mol. The fraction of sp³-hybridized carbons (Fsp3) is 0.0526. The van der Waals surface area contributed by atoms with Gasteiger partial charge in [0.05, 0.1) is 11.4 Å². The minimum atomic E-state index is -0.137. The van der Waals surface area contributed by atoms with E-state index in [0.29, 0.717) is 5.82 Å². The highest BCUT2D eigenvalue weighted by Crippen LogP contribution is 2.55. The molecule has 0 amide bonds. The number of fused-ring (bicyclic) bond motifs is 6. The molecular weight excluding hydrogens is 713 g/mol. The zero-order chi connectivity index (χ0) is 39.5. The SMILES string of the molecule is CC1(C)c2cccc(-c3ccc(-c4cc(-c5cccc(-c6ccccc6)c5)nc(-c5ccc(-c6ccccc6)cc5)n4)c4ccccc34)c2-c2ccc3ccccc3c21. The van der Waals surface area contributed by atoms with Crippen LogP contribution in [0.1, 0.15) is 25.0 Å². The minimum Gasteiger partial charge on any atom is -0.228 e. The Hall–Kier alpha value is -7.42. The summed E-state index contributed by atoms with van der Waals surface area (Å²) >= 11 is 0. The number of hydrogen-bond donors (Lipinski definition) is 0. The maximum Gasteiger partial charge on any atom is 0.160 e. The average Bonchev–Trinajstić information content (AvgIpc) is 3.55. The van der Waals surface area contributed by atoms with Crippen molar-refractivity contribution >= 4 is 21.5 Å². The van der Waals surface area contributed by atoms with E-state index in [1.165, 1.54) is 60.7 Å². The molecule has 1 heterocycles. The highest BCUT2D eigenvalue weighted by Gasteiger charge is 2.38. The molecule has 0 fully saturated rings. The van der Waals surface area contributed by atoms with Crippen LogP contribution in [0.15, 0.2) is 206 Å². The second-order valence-corrected chi connectivity index (χ2v) is 16.1. The molecule has 2 nitrogen and oxygen atoms in total. The molecule has 0 radical (unpaired) electrons. The molecule has 1 aliphatic rings. The van der Waals surface area contributed by atoms with E-state index in [2.05, 4.69) is 220 Å². The molecule has 0 spiro atoms. The third-order valence-corrected chi connectivity index (χ3v) is 12.3. The van der Waals surface area contributed by atoms with Gasteiger partial charge in [-0.05, 0) is 89.3 Å². The lowest BCUT2D eigenvalue weighted by atomic mass is 9.80. The maximum atomic E-state index is 5.36. The topological polar surface area (TPSA) is 25.8 Å². The number of benzene rings is 9. The summed E-state index contributed by atoms with van der Waals surface area (Å²) in [6.07, 6.45) is 0. The number of hydrogen-bond acceptors (Lipinski definition) is 2. The molecule has 0 unspecified atom stereocenters. The predicted molar refractivity (Wildman–Crippen MR) is 247 cm³/mol. The zero-order valence-corrected chi connectivity index (χ0v) is 33.0. The second kappa shape index (κ2) is 13.9. The van der Waals surface area contributed by atoms with E-state index in [1.807, 2.05) is 0 Å². The van der Waals surface area contributed by atoms with Gasteiger partial charge in [-0.3, -0.25) is 0 Å². The summed E-state index contributed by atoms with van der Waals surface area (Å²) in [4.78, 5) is 10.6. The van der Waals surface area contributed by atoms with E-state index >= 15 is 0 Å². The molecule has 1 aromatic heterocycles. The summed E-state index contributed by atoms with van der Waals surface area (Å²) in [5.74, 6) is 0.697. The van der Waals surface area contributed by atoms with Gasteiger partial charge in [0.25, 0.3) is 0 Å². The van der Waals surface area contributed by atoms with Crippen LogP contribution in [-0.2, 0) is 5.41 Å². The summed E-state index contributed by atoms with van der Waals surface area (Å²) in [7, 11) is 0. The zero-order valence-electron chi connectivity index (χ0n) is 33.0. The van der Waals surface area contributed by atoms with Gasteiger partial charge in [0, 0.05) is 22.1 Å². The fourth-order valence-corrected chi connectivity index (χ4v) is 9.43. The molecule has 59 heavy (non-hydrogen) atoms. The molecule has 0 N–H and O–H groups in total. The Kier molecular flexibility index (Phi) is 8.20. The first-order valence-corrected chi connectivity index (χ1v) is 20.4. The van der Waals surface area contributed by atoms with Crippen LogP contribution in [-0.4, -0.2) is 9.97 Å². The van der Waals surface area contributed by atoms with Gasteiger partial charge < -0.3 is 0 Å². The fourth-order valence-electron chi connectivity index (χ4n) is 9.43. The van der Waals surface area contributed by atoms with E-state index in [1.54, 1.807) is 0 Å². The Bertz CT molecular complexity index is 3220. The third kappa shape index (κ3) is 5.87. The molecule has 0 bridgehead atoms. The van der Waals surface area contributed by atoms with Crippen molar-refractivity contribution in [3.05, 3.63) is 217 Å². The van der Waals surface area contributed by atoms with Gasteiger partial charge in [-0.2, -0.15) is 0 Å². The van der Waals surface area contributed by atoms with Gasteiger partial charge in [-0.25, -0.2) is 9.97 Å². The molecule has 0 aliphatic heterocycles. The Labute approximate surface area is 345 Å². The van der Waals surface area contributed by atoms with Gasteiger partial charge >= 0.3 is 0 Å². The van der Waals surface area contributed by atoms with Crippen LogP contribution in [0.25, 0.3) is 100.0 Å². The normalized spacial score (nSPS) is 12.7. The van der Waals surface area contributed by atoms with Gasteiger partial charge in [0.2, 0.25) is 0 Å². The first-order valence-electron chi connectivity index (χ1n) is 20.4. The van der Waals surface area contributed by atoms with Gasteiger partial charge in [-0.1, -0.05) is 208 Å². The van der Waals surface area contributed by atoms with Crippen molar-refractivity contribution in [1.82, 2.24) is 9.97 Å². The monoisotopic (exact) mass is 752 g/mol. The standard InChI is InChI=1S/C57H40N2/c1-57(2)51-26-14-25-49(54(51)50-32-31-40-19-9-10-22-44(40)55(50)57)47-33-34-48(46-24-12-11-23-45(46)47)53-36-52(43-21-13-20-42(35-43)38-17-7-4-8-18-38)58-56(59-53)41-29-27-39(28-30-41)37-15-5-3-6-16-37/h3-36H,1-2H3. The van der Waals surface area contributed by atoms with Crippen LogP contribution < -0.4 is 0 Å². The molecule has 0 saturated carbocycles. The van der Waals surface area contributed by atoms with Crippen LogP contribution in [0.5, 0.6) is 0 Å². The lowest BCUT2D eigenvalue weighted by Crippen LogP contribution is -2.15. The smallest absolute Gasteiger partial charge is 0.160 e. The summed E-state index contributed by atoms with van der Waals surface area (Å²) in [6, 6.07) is 74.2. The van der Waals surface area contributed by atoms with Crippen molar-refractivity contribution in [2.45, 2.75) is 19.3 Å². The van der Waals surface area contributed by atoms with Crippen molar-refractivity contribution in [3.8, 4) is 78.4 Å². The van der Waals surface area contributed by atoms with E-state index in [9.17, 15) is 0 Å². The van der Waals surface area contributed by atoms with Crippen molar-refractivity contribution in [1.29, 1.82) is 0 Å². The van der Waals surface area contributed by atoms with Crippen LogP contribution in [0.3, 0.4) is 0 Å². The van der Waals surface area contributed by atoms with E-state index < -0.39 is 0 Å². The number of rotatable bonds is 6. The molecule has 9 aromatic carbocycles. The van der Waals surface area contributed by atoms with E-state index in [4.69, 9.17) is 9.97 Å². The third-order valence-electron chi connectivity index (χ3n) is 12.3. The second-order valence-electron chi connectivity index (χ2n) is 16.1. The number of nitrogens with zero attached hydrogens (tertiary/aromatic N) is 2. The number of aromatic nitrogens is 2. The van der Waals surface area contributed by atoms with Gasteiger partial charge in [-0.15, -0.1) is 0 Å². The van der Waals surface area contributed by atoms with Crippen LogP contribution in [0.4, 0.5) is 0 Å². The molecule has 10 aromatic rings. The quantitative estimate of drug-likeness (QED) is 0.169. The van der Waals surface area contributed by atoms with Crippen molar-refractivity contribution in [2.24, 2.45) is 0 Å². The van der Waals surface area contributed by atoms with E-state index in [-0.39, 0.29) is 5.41 Å². The molecule has 278 valence electrons. The summed E-state index contributed by atoms with van der Waals surface area (Å²) in [5.41, 5.74) is 17.3. The lowest BCUT2D eigenvalue weighted by Gasteiger charge is -2.23. The molecule has 1 aliphatic carbocycles. The first-order chi connectivity index (χ1) is 29.0.